The van der Waals surface area contributed by atoms with Crippen LogP contribution in [0.1, 0.15) is 10.4 Å². The summed E-state index contributed by atoms with van der Waals surface area (Å²) in [6, 6.07) is 12.2. The number of carbonyl (C=O) groups excluding carboxylic acids is 2. The largest absolute Gasteiger partial charge is 0.497 e. The second-order valence-electron chi connectivity index (χ2n) is 6.05. The lowest BCUT2D eigenvalue weighted by molar-refractivity contribution is -0.122. The predicted octanol–water partition coefficient (Wildman–Crippen LogP) is 3.20. The van der Waals surface area contributed by atoms with Crippen LogP contribution in [0.4, 0.5) is 5.13 Å². The zero-order valence-electron chi connectivity index (χ0n) is 16.7. The third kappa shape index (κ3) is 5.06. The van der Waals surface area contributed by atoms with Crippen molar-refractivity contribution in [1.29, 1.82) is 0 Å². The number of nitrogens with one attached hydrogen (secondary N) is 2. The van der Waals surface area contributed by atoms with E-state index in [1.807, 2.05) is 29.6 Å². The fourth-order valence-electron chi connectivity index (χ4n) is 2.54. The molecule has 2 N–H and O–H groups in total. The van der Waals surface area contributed by atoms with Crippen LogP contribution < -0.4 is 24.8 Å². The molecular formula is C21H21N3O5S. The summed E-state index contributed by atoms with van der Waals surface area (Å²) in [6.45, 7) is -0.147. The first-order chi connectivity index (χ1) is 14.5. The van der Waals surface area contributed by atoms with Gasteiger partial charge in [-0.3, -0.25) is 14.9 Å². The Hall–Kier alpha value is -3.59. The van der Waals surface area contributed by atoms with Gasteiger partial charge in [-0.2, -0.15) is 0 Å². The van der Waals surface area contributed by atoms with E-state index >= 15 is 0 Å². The van der Waals surface area contributed by atoms with Gasteiger partial charge in [-0.15, -0.1) is 11.3 Å². The molecule has 0 spiro atoms. The van der Waals surface area contributed by atoms with Gasteiger partial charge in [0.25, 0.3) is 11.8 Å². The number of hydrogen-bond acceptors (Lipinski definition) is 7. The van der Waals surface area contributed by atoms with Gasteiger partial charge in [0.2, 0.25) is 0 Å². The number of carbonyl (C=O) groups is 2. The van der Waals surface area contributed by atoms with Gasteiger partial charge in [0, 0.05) is 23.6 Å². The van der Waals surface area contributed by atoms with E-state index in [4.69, 9.17) is 14.2 Å². The van der Waals surface area contributed by atoms with E-state index < -0.39 is 0 Å². The van der Waals surface area contributed by atoms with Crippen LogP contribution in [0.3, 0.4) is 0 Å². The van der Waals surface area contributed by atoms with Crippen molar-refractivity contribution in [2.45, 2.75) is 0 Å². The molecule has 0 unspecified atom stereocenters. The van der Waals surface area contributed by atoms with Crippen molar-refractivity contribution in [1.82, 2.24) is 10.3 Å². The summed E-state index contributed by atoms with van der Waals surface area (Å²) in [5.41, 5.74) is 2.06. The fourth-order valence-corrected chi connectivity index (χ4v) is 3.25. The molecule has 0 bridgehead atoms. The van der Waals surface area contributed by atoms with Crippen molar-refractivity contribution in [3.05, 3.63) is 53.4 Å². The minimum Gasteiger partial charge on any atom is -0.497 e. The van der Waals surface area contributed by atoms with Crippen molar-refractivity contribution in [3.8, 4) is 28.5 Å². The van der Waals surface area contributed by atoms with E-state index in [0.29, 0.717) is 22.2 Å². The second-order valence-corrected chi connectivity index (χ2v) is 6.91. The molecule has 1 aromatic heterocycles. The Bertz CT molecular complexity index is 1030. The van der Waals surface area contributed by atoms with Gasteiger partial charge in [-0.1, -0.05) is 0 Å². The first-order valence-corrected chi connectivity index (χ1v) is 9.84. The maximum absolute atomic E-state index is 12.6. The lowest BCUT2D eigenvalue weighted by Gasteiger charge is -2.11. The molecule has 0 fully saturated rings. The zero-order valence-corrected chi connectivity index (χ0v) is 17.5. The highest BCUT2D eigenvalue weighted by Crippen LogP contribution is 2.30. The van der Waals surface area contributed by atoms with Crippen LogP contribution in [0.5, 0.6) is 17.2 Å². The number of aromatic nitrogens is 1. The molecule has 0 aliphatic carbocycles. The molecule has 0 saturated heterocycles. The summed E-state index contributed by atoms with van der Waals surface area (Å²) >= 11 is 1.33. The van der Waals surface area contributed by atoms with Crippen LogP contribution in [-0.2, 0) is 4.79 Å². The number of ether oxygens (including phenoxy) is 3. The standard InChI is InChI=1S/C21H21N3O5S/c1-22-19(25)11-29-17-9-6-14(10-18(17)28-3)20(26)24-21-23-16(12-30-21)13-4-7-15(27-2)8-5-13/h4-10,12H,11H2,1-3H3,(H,22,25)(H,23,24,26). The number of amides is 2. The number of thiazole rings is 1. The molecule has 9 heteroatoms. The third-order valence-corrected chi connectivity index (χ3v) is 4.93. The van der Waals surface area contributed by atoms with Gasteiger partial charge < -0.3 is 19.5 Å². The molecular weight excluding hydrogens is 406 g/mol. The second kappa shape index (κ2) is 9.75. The average Bonchev–Trinajstić information content (AvgIpc) is 3.25. The Morgan fingerprint density at radius 3 is 2.47 bits per heavy atom. The molecule has 2 aromatic carbocycles. The zero-order chi connectivity index (χ0) is 21.5. The lowest BCUT2D eigenvalue weighted by atomic mass is 10.2. The number of methoxy groups -OCH3 is 2. The minimum atomic E-state index is -0.332. The maximum atomic E-state index is 12.6. The summed E-state index contributed by atoms with van der Waals surface area (Å²) < 4.78 is 15.8. The summed E-state index contributed by atoms with van der Waals surface area (Å²) in [4.78, 5) is 28.4. The summed E-state index contributed by atoms with van der Waals surface area (Å²) in [6.07, 6.45) is 0. The normalized spacial score (nSPS) is 10.2. The van der Waals surface area contributed by atoms with E-state index in [1.165, 1.54) is 25.5 Å². The third-order valence-electron chi connectivity index (χ3n) is 4.17. The Labute approximate surface area is 177 Å². The van der Waals surface area contributed by atoms with Crippen LogP contribution in [-0.4, -0.2) is 44.7 Å². The molecule has 1 heterocycles. The molecule has 0 saturated carbocycles. The maximum Gasteiger partial charge on any atom is 0.257 e. The Balaban J connectivity index is 1.69. The van der Waals surface area contributed by atoms with Crippen LogP contribution in [0, 0.1) is 0 Å². The molecule has 30 heavy (non-hydrogen) atoms. The number of likely N-dealkylation sites (N-methyl/N-ethyl adjacent to an activating group) is 1. The average molecular weight is 427 g/mol. The highest BCUT2D eigenvalue weighted by molar-refractivity contribution is 7.14. The van der Waals surface area contributed by atoms with Crippen LogP contribution in [0.2, 0.25) is 0 Å². The van der Waals surface area contributed by atoms with Crippen LogP contribution >= 0.6 is 11.3 Å². The Kier molecular flexibility index (Phi) is 6.87. The SMILES string of the molecule is CNC(=O)COc1ccc(C(=O)Nc2nc(-c3ccc(OC)cc3)cs2)cc1OC. The van der Waals surface area contributed by atoms with Crippen molar-refractivity contribution in [3.63, 3.8) is 0 Å². The summed E-state index contributed by atoms with van der Waals surface area (Å²) in [5, 5.41) is 7.60. The topological polar surface area (TPSA) is 98.8 Å². The number of nitrogens with zero attached hydrogens (tertiary/aromatic N) is 1. The molecule has 0 radical (unpaired) electrons. The molecule has 0 atom stereocenters. The van der Waals surface area contributed by atoms with E-state index in [-0.39, 0.29) is 18.4 Å². The van der Waals surface area contributed by atoms with Gasteiger partial charge in [0.1, 0.15) is 5.75 Å². The van der Waals surface area contributed by atoms with Gasteiger partial charge in [0.05, 0.1) is 19.9 Å². The van der Waals surface area contributed by atoms with E-state index in [2.05, 4.69) is 15.6 Å². The smallest absolute Gasteiger partial charge is 0.257 e. The molecule has 3 aromatic rings. The summed E-state index contributed by atoms with van der Waals surface area (Å²) in [7, 11) is 4.60. The van der Waals surface area contributed by atoms with Crippen molar-refractivity contribution < 1.29 is 23.8 Å². The van der Waals surface area contributed by atoms with Gasteiger partial charge in [-0.05, 0) is 42.5 Å². The fraction of sp³-hybridized carbons (Fsp3) is 0.190. The van der Waals surface area contributed by atoms with Crippen molar-refractivity contribution >= 4 is 28.3 Å². The number of anilines is 1. The molecule has 0 aliphatic rings. The van der Waals surface area contributed by atoms with E-state index in [0.717, 1.165) is 17.0 Å². The number of hydrogen-bond donors (Lipinski definition) is 2. The van der Waals surface area contributed by atoms with Crippen LogP contribution in [0.15, 0.2) is 47.8 Å². The molecule has 156 valence electrons. The van der Waals surface area contributed by atoms with E-state index in [9.17, 15) is 9.59 Å². The van der Waals surface area contributed by atoms with Crippen molar-refractivity contribution in [2.75, 3.05) is 33.2 Å². The Morgan fingerprint density at radius 1 is 1.03 bits per heavy atom. The first kappa shape index (κ1) is 21.1. The molecule has 2 amide bonds. The molecule has 0 aliphatic heterocycles. The lowest BCUT2D eigenvalue weighted by Crippen LogP contribution is -2.25. The highest BCUT2D eigenvalue weighted by Gasteiger charge is 2.14. The monoisotopic (exact) mass is 427 g/mol. The Morgan fingerprint density at radius 2 is 1.80 bits per heavy atom. The predicted molar refractivity (Wildman–Crippen MR) is 115 cm³/mol. The number of benzene rings is 2. The highest BCUT2D eigenvalue weighted by atomic mass is 32.1. The van der Waals surface area contributed by atoms with Crippen molar-refractivity contribution in [2.24, 2.45) is 0 Å². The molecule has 3 rings (SSSR count). The quantitative estimate of drug-likeness (QED) is 0.573. The number of rotatable bonds is 8. The van der Waals surface area contributed by atoms with Gasteiger partial charge in [0.15, 0.2) is 23.2 Å². The van der Waals surface area contributed by atoms with Gasteiger partial charge >= 0.3 is 0 Å². The van der Waals surface area contributed by atoms with E-state index in [1.54, 1.807) is 25.3 Å². The minimum absolute atomic E-state index is 0.147. The van der Waals surface area contributed by atoms with Crippen LogP contribution in [0.25, 0.3) is 11.3 Å². The van der Waals surface area contributed by atoms with Gasteiger partial charge in [-0.25, -0.2) is 4.98 Å². The summed E-state index contributed by atoms with van der Waals surface area (Å²) in [5.74, 6) is 0.884. The molecule has 8 nitrogen and oxygen atoms in total. The first-order valence-electron chi connectivity index (χ1n) is 8.96.